The van der Waals surface area contributed by atoms with Crippen molar-refractivity contribution in [2.45, 2.75) is 26.4 Å². The number of aromatic nitrogens is 2. The normalized spacial score (nSPS) is 12.6. The summed E-state index contributed by atoms with van der Waals surface area (Å²) in [5, 5.41) is 10.9. The van der Waals surface area contributed by atoms with Gasteiger partial charge in [0.1, 0.15) is 5.82 Å². The molecule has 0 fully saturated rings. The molecule has 0 radical (unpaired) electrons. The van der Waals surface area contributed by atoms with Crippen molar-refractivity contribution in [1.29, 1.82) is 0 Å². The molecule has 0 aliphatic rings. The summed E-state index contributed by atoms with van der Waals surface area (Å²) in [6, 6.07) is 6.51. The van der Waals surface area contributed by atoms with Crippen molar-refractivity contribution in [2.24, 2.45) is 0 Å². The van der Waals surface area contributed by atoms with Crippen LogP contribution in [0.15, 0.2) is 28.7 Å². The first-order valence-corrected chi connectivity index (χ1v) is 5.43. The standard InChI is InChI=1S/C12H14FN3O/c1-8(10-3-5-11(13)6-4-10)14-7-12-16-15-9(2)17-12/h3-6,8,14H,7H2,1-2H3/t8-/m0/s1. The van der Waals surface area contributed by atoms with E-state index in [-0.39, 0.29) is 11.9 Å². The maximum atomic E-state index is 12.7. The fraction of sp³-hybridized carbons (Fsp3) is 0.333. The van der Waals surface area contributed by atoms with Crippen LogP contribution in [-0.2, 0) is 6.54 Å². The molecule has 1 atom stereocenters. The van der Waals surface area contributed by atoms with Crippen molar-refractivity contribution in [3.63, 3.8) is 0 Å². The zero-order valence-electron chi connectivity index (χ0n) is 9.77. The lowest BCUT2D eigenvalue weighted by Crippen LogP contribution is -2.18. The summed E-state index contributed by atoms with van der Waals surface area (Å²) in [7, 11) is 0. The average Bonchev–Trinajstić information content (AvgIpc) is 2.73. The number of aryl methyl sites for hydroxylation is 1. The van der Waals surface area contributed by atoms with E-state index in [9.17, 15) is 4.39 Å². The van der Waals surface area contributed by atoms with Crippen LogP contribution in [0.5, 0.6) is 0 Å². The van der Waals surface area contributed by atoms with Crippen LogP contribution in [0.4, 0.5) is 4.39 Å². The van der Waals surface area contributed by atoms with Gasteiger partial charge < -0.3 is 9.73 Å². The van der Waals surface area contributed by atoms with Gasteiger partial charge in [-0.3, -0.25) is 0 Å². The summed E-state index contributed by atoms with van der Waals surface area (Å²) in [5.41, 5.74) is 1.02. The molecule has 0 aliphatic heterocycles. The SMILES string of the molecule is Cc1nnc(CN[C@@H](C)c2ccc(F)cc2)o1. The van der Waals surface area contributed by atoms with E-state index < -0.39 is 0 Å². The van der Waals surface area contributed by atoms with E-state index in [2.05, 4.69) is 15.5 Å². The van der Waals surface area contributed by atoms with Gasteiger partial charge in [0.05, 0.1) is 6.54 Å². The lowest BCUT2D eigenvalue weighted by Gasteiger charge is -2.12. The van der Waals surface area contributed by atoms with Gasteiger partial charge in [-0.25, -0.2) is 4.39 Å². The Kier molecular flexibility index (Phi) is 3.49. The van der Waals surface area contributed by atoms with Crippen LogP contribution >= 0.6 is 0 Å². The number of hydrogen-bond acceptors (Lipinski definition) is 4. The molecular weight excluding hydrogens is 221 g/mol. The van der Waals surface area contributed by atoms with Gasteiger partial charge in [-0.05, 0) is 24.6 Å². The molecule has 2 rings (SSSR count). The van der Waals surface area contributed by atoms with Crippen molar-refractivity contribution >= 4 is 0 Å². The van der Waals surface area contributed by atoms with Crippen molar-refractivity contribution in [3.05, 3.63) is 47.4 Å². The number of hydrogen-bond donors (Lipinski definition) is 1. The van der Waals surface area contributed by atoms with E-state index in [0.29, 0.717) is 18.3 Å². The maximum Gasteiger partial charge on any atom is 0.230 e. The summed E-state index contributed by atoms with van der Waals surface area (Å²) >= 11 is 0. The van der Waals surface area contributed by atoms with Gasteiger partial charge in [-0.2, -0.15) is 0 Å². The van der Waals surface area contributed by atoms with Gasteiger partial charge in [0.25, 0.3) is 0 Å². The van der Waals surface area contributed by atoms with Crippen molar-refractivity contribution in [3.8, 4) is 0 Å². The van der Waals surface area contributed by atoms with Crippen LogP contribution in [-0.4, -0.2) is 10.2 Å². The van der Waals surface area contributed by atoms with Gasteiger partial charge in [0.15, 0.2) is 0 Å². The molecule has 1 aromatic heterocycles. The number of benzene rings is 1. The Morgan fingerprint density at radius 2 is 2.00 bits per heavy atom. The lowest BCUT2D eigenvalue weighted by atomic mass is 10.1. The Morgan fingerprint density at radius 1 is 1.29 bits per heavy atom. The van der Waals surface area contributed by atoms with Crippen LogP contribution in [0.1, 0.15) is 30.3 Å². The Morgan fingerprint density at radius 3 is 2.59 bits per heavy atom. The predicted molar refractivity (Wildman–Crippen MR) is 60.7 cm³/mol. The first kappa shape index (κ1) is 11.7. The smallest absolute Gasteiger partial charge is 0.230 e. The van der Waals surface area contributed by atoms with Gasteiger partial charge in [-0.1, -0.05) is 12.1 Å². The topological polar surface area (TPSA) is 51.0 Å². The highest BCUT2D eigenvalue weighted by molar-refractivity contribution is 5.19. The molecule has 90 valence electrons. The molecule has 4 nitrogen and oxygen atoms in total. The Bertz CT molecular complexity index is 481. The number of nitrogens with one attached hydrogen (secondary N) is 1. The van der Waals surface area contributed by atoms with E-state index in [0.717, 1.165) is 5.56 Å². The van der Waals surface area contributed by atoms with E-state index in [4.69, 9.17) is 4.42 Å². The Balaban J connectivity index is 1.93. The molecule has 1 N–H and O–H groups in total. The minimum atomic E-state index is -0.228. The molecule has 0 saturated heterocycles. The number of nitrogens with zero attached hydrogens (tertiary/aromatic N) is 2. The second-order valence-corrected chi connectivity index (χ2v) is 3.87. The van der Waals surface area contributed by atoms with Crippen LogP contribution in [0, 0.1) is 12.7 Å². The molecule has 2 aromatic rings. The predicted octanol–water partition coefficient (Wildman–Crippen LogP) is 2.37. The first-order valence-electron chi connectivity index (χ1n) is 5.43. The van der Waals surface area contributed by atoms with Crippen LogP contribution in [0.25, 0.3) is 0 Å². The van der Waals surface area contributed by atoms with Crippen LogP contribution in [0.3, 0.4) is 0 Å². The van der Waals surface area contributed by atoms with E-state index >= 15 is 0 Å². The summed E-state index contributed by atoms with van der Waals surface area (Å²) < 4.78 is 18.0. The molecule has 1 aromatic carbocycles. The summed E-state index contributed by atoms with van der Waals surface area (Å²) in [5.74, 6) is 0.876. The molecule has 0 saturated carbocycles. The summed E-state index contributed by atoms with van der Waals surface area (Å²) in [4.78, 5) is 0. The molecule has 0 spiro atoms. The third kappa shape index (κ3) is 3.10. The van der Waals surface area contributed by atoms with Gasteiger partial charge in [-0.15, -0.1) is 10.2 Å². The van der Waals surface area contributed by atoms with E-state index in [1.54, 1.807) is 19.1 Å². The van der Waals surface area contributed by atoms with Crippen molar-refractivity contribution in [1.82, 2.24) is 15.5 Å². The molecule has 0 bridgehead atoms. The fourth-order valence-electron chi connectivity index (χ4n) is 1.52. The van der Waals surface area contributed by atoms with Gasteiger partial charge in [0.2, 0.25) is 11.8 Å². The van der Waals surface area contributed by atoms with Gasteiger partial charge >= 0.3 is 0 Å². The second-order valence-electron chi connectivity index (χ2n) is 3.87. The second kappa shape index (κ2) is 5.05. The van der Waals surface area contributed by atoms with Crippen LogP contribution < -0.4 is 5.32 Å². The summed E-state index contributed by atoms with van der Waals surface area (Å²) in [6.07, 6.45) is 0. The number of rotatable bonds is 4. The number of halogens is 1. The third-order valence-electron chi connectivity index (χ3n) is 2.50. The van der Waals surface area contributed by atoms with E-state index in [1.165, 1.54) is 12.1 Å². The minimum Gasteiger partial charge on any atom is -0.424 e. The van der Waals surface area contributed by atoms with Crippen LogP contribution in [0.2, 0.25) is 0 Å². The Labute approximate surface area is 98.9 Å². The Hall–Kier alpha value is -1.75. The molecule has 0 aliphatic carbocycles. The minimum absolute atomic E-state index is 0.0998. The molecule has 1 heterocycles. The fourth-order valence-corrected chi connectivity index (χ4v) is 1.52. The highest BCUT2D eigenvalue weighted by Crippen LogP contribution is 2.13. The largest absolute Gasteiger partial charge is 0.424 e. The van der Waals surface area contributed by atoms with E-state index in [1.807, 2.05) is 6.92 Å². The molecular formula is C12H14FN3O. The highest BCUT2D eigenvalue weighted by atomic mass is 19.1. The van der Waals surface area contributed by atoms with Crippen molar-refractivity contribution in [2.75, 3.05) is 0 Å². The van der Waals surface area contributed by atoms with Crippen molar-refractivity contribution < 1.29 is 8.81 Å². The molecule has 0 unspecified atom stereocenters. The zero-order valence-corrected chi connectivity index (χ0v) is 9.77. The summed E-state index contributed by atoms with van der Waals surface area (Å²) in [6.45, 7) is 4.25. The average molecular weight is 235 g/mol. The molecule has 0 amide bonds. The molecule has 5 heteroatoms. The third-order valence-corrected chi connectivity index (χ3v) is 2.50. The first-order chi connectivity index (χ1) is 8.15. The highest BCUT2D eigenvalue weighted by Gasteiger charge is 2.07. The monoisotopic (exact) mass is 235 g/mol. The van der Waals surface area contributed by atoms with Gasteiger partial charge in [0, 0.05) is 13.0 Å². The zero-order chi connectivity index (χ0) is 12.3. The lowest BCUT2D eigenvalue weighted by molar-refractivity contribution is 0.430. The maximum absolute atomic E-state index is 12.7. The molecule has 17 heavy (non-hydrogen) atoms. The quantitative estimate of drug-likeness (QED) is 0.883.